The molecule has 0 radical (unpaired) electrons. The first-order valence-corrected chi connectivity index (χ1v) is 8.92. The quantitative estimate of drug-likeness (QED) is 0.692. The molecule has 1 atom stereocenters. The van der Waals surface area contributed by atoms with Crippen molar-refractivity contribution in [3.63, 3.8) is 0 Å². The fraction of sp³-hybridized carbons (Fsp3) is 0.263. The van der Waals surface area contributed by atoms with E-state index in [0.717, 1.165) is 34.6 Å². The number of nitrogens with one attached hydrogen (secondary N) is 1. The van der Waals surface area contributed by atoms with Crippen LogP contribution < -0.4 is 0 Å². The van der Waals surface area contributed by atoms with E-state index in [-0.39, 0.29) is 10.6 Å². The van der Waals surface area contributed by atoms with E-state index >= 15 is 0 Å². The molecule has 0 spiro atoms. The number of aromatic nitrogens is 1. The zero-order chi connectivity index (χ0) is 17.6. The van der Waals surface area contributed by atoms with Crippen LogP contribution in [0.25, 0.3) is 10.9 Å². The summed E-state index contributed by atoms with van der Waals surface area (Å²) in [6.07, 6.45) is -0.0560. The highest BCUT2D eigenvalue weighted by Gasteiger charge is 2.24. The number of halogens is 3. The van der Waals surface area contributed by atoms with Gasteiger partial charge in [-0.05, 0) is 36.2 Å². The summed E-state index contributed by atoms with van der Waals surface area (Å²) in [5.41, 5.74) is 3.71. The number of nitrogens with zero attached hydrogens (tertiary/aromatic N) is 1. The second-order valence-corrected chi connectivity index (χ2v) is 7.26. The van der Waals surface area contributed by atoms with Gasteiger partial charge in [0.2, 0.25) is 0 Å². The lowest BCUT2D eigenvalue weighted by Crippen LogP contribution is -2.34. The number of H-pyrrole nitrogens is 1. The van der Waals surface area contributed by atoms with Gasteiger partial charge in [-0.1, -0.05) is 35.3 Å². The monoisotopic (exact) mass is 378 g/mol. The van der Waals surface area contributed by atoms with Crippen LogP contribution in [-0.4, -0.2) is 28.1 Å². The lowest BCUT2D eigenvalue weighted by molar-refractivity contribution is 0.102. The molecule has 4 rings (SSSR count). The second kappa shape index (κ2) is 6.61. The molecule has 0 bridgehead atoms. The number of aliphatic hydroxyl groups excluding tert-OH is 1. The van der Waals surface area contributed by atoms with Gasteiger partial charge in [0, 0.05) is 46.8 Å². The molecule has 0 fully saturated rings. The highest BCUT2D eigenvalue weighted by molar-refractivity contribution is 6.31. The molecule has 1 unspecified atom stereocenters. The summed E-state index contributed by atoms with van der Waals surface area (Å²) >= 11 is 11.9. The van der Waals surface area contributed by atoms with Crippen LogP contribution in [-0.2, 0) is 13.0 Å². The van der Waals surface area contributed by atoms with Gasteiger partial charge in [0.1, 0.15) is 5.82 Å². The highest BCUT2D eigenvalue weighted by atomic mass is 35.5. The van der Waals surface area contributed by atoms with Gasteiger partial charge in [-0.15, -0.1) is 0 Å². The molecule has 25 heavy (non-hydrogen) atoms. The third-order valence-electron chi connectivity index (χ3n) is 4.79. The Labute approximate surface area is 155 Å². The summed E-state index contributed by atoms with van der Waals surface area (Å²) in [4.78, 5) is 5.55. The van der Waals surface area contributed by atoms with Crippen LogP contribution in [0.4, 0.5) is 4.39 Å². The van der Waals surface area contributed by atoms with Crippen LogP contribution >= 0.6 is 23.2 Å². The van der Waals surface area contributed by atoms with Crippen molar-refractivity contribution >= 4 is 34.1 Å². The van der Waals surface area contributed by atoms with Gasteiger partial charge in [0.25, 0.3) is 0 Å². The number of benzene rings is 2. The number of fused-ring (bicyclic) bond motifs is 3. The highest BCUT2D eigenvalue weighted by Crippen LogP contribution is 2.31. The molecule has 0 aliphatic carbocycles. The van der Waals surface area contributed by atoms with E-state index in [4.69, 9.17) is 23.2 Å². The minimum Gasteiger partial charge on any atom is -0.387 e. The van der Waals surface area contributed by atoms with Crippen molar-refractivity contribution in [2.24, 2.45) is 0 Å². The standard InChI is InChI=1S/C19H17Cl2FN2O/c20-11-4-5-16-14(8-11)12-6-7-24(9-17(12)23-16)10-18(25)13-2-1-3-15(21)19(13)22/h1-5,8,18,23,25H,6-7,9-10H2. The maximum absolute atomic E-state index is 14.1. The largest absolute Gasteiger partial charge is 0.387 e. The summed E-state index contributed by atoms with van der Waals surface area (Å²) < 4.78 is 14.1. The van der Waals surface area contributed by atoms with Gasteiger partial charge in [-0.25, -0.2) is 4.39 Å². The fourth-order valence-electron chi connectivity index (χ4n) is 3.55. The van der Waals surface area contributed by atoms with Gasteiger partial charge in [-0.3, -0.25) is 4.90 Å². The van der Waals surface area contributed by atoms with Crippen molar-refractivity contribution in [1.29, 1.82) is 0 Å². The third-order valence-corrected chi connectivity index (χ3v) is 5.31. The van der Waals surface area contributed by atoms with Gasteiger partial charge >= 0.3 is 0 Å². The zero-order valence-corrected chi connectivity index (χ0v) is 14.9. The Kier molecular flexibility index (Phi) is 4.46. The number of hydrogen-bond donors (Lipinski definition) is 2. The van der Waals surface area contributed by atoms with Crippen molar-refractivity contribution in [2.75, 3.05) is 13.1 Å². The van der Waals surface area contributed by atoms with Crippen LogP contribution in [0.2, 0.25) is 10.0 Å². The molecule has 6 heteroatoms. The van der Waals surface area contributed by atoms with Crippen molar-refractivity contribution in [1.82, 2.24) is 9.88 Å². The Balaban J connectivity index is 1.54. The molecule has 130 valence electrons. The summed E-state index contributed by atoms with van der Waals surface area (Å²) in [5.74, 6) is -0.547. The Bertz CT molecular complexity index is 941. The topological polar surface area (TPSA) is 39.3 Å². The molecular weight excluding hydrogens is 362 g/mol. The van der Waals surface area contributed by atoms with Crippen molar-refractivity contribution in [2.45, 2.75) is 19.1 Å². The average molecular weight is 379 g/mol. The van der Waals surface area contributed by atoms with E-state index in [1.807, 2.05) is 18.2 Å². The first-order valence-electron chi connectivity index (χ1n) is 8.16. The van der Waals surface area contributed by atoms with Crippen LogP contribution in [0.5, 0.6) is 0 Å². The van der Waals surface area contributed by atoms with E-state index < -0.39 is 11.9 Å². The zero-order valence-electron chi connectivity index (χ0n) is 13.4. The molecule has 0 amide bonds. The predicted octanol–water partition coefficient (Wildman–Crippen LogP) is 4.71. The lowest BCUT2D eigenvalue weighted by atomic mass is 10.0. The van der Waals surface area contributed by atoms with Gasteiger partial charge in [0.15, 0.2) is 0 Å². The molecule has 1 aliphatic rings. The minimum absolute atomic E-state index is 0.0324. The number of aliphatic hydroxyl groups is 1. The van der Waals surface area contributed by atoms with E-state index in [9.17, 15) is 9.50 Å². The first kappa shape index (κ1) is 16.9. The molecule has 2 aromatic carbocycles. The minimum atomic E-state index is -0.918. The van der Waals surface area contributed by atoms with Crippen molar-refractivity contribution < 1.29 is 9.50 Å². The van der Waals surface area contributed by atoms with Gasteiger partial charge in [0.05, 0.1) is 11.1 Å². The molecule has 2 heterocycles. The SMILES string of the molecule is OC(CN1CCc2c([nH]c3ccc(Cl)cc23)C1)c1cccc(Cl)c1F. The predicted molar refractivity (Wildman–Crippen MR) is 98.7 cm³/mol. The maximum atomic E-state index is 14.1. The lowest BCUT2D eigenvalue weighted by Gasteiger charge is -2.29. The Hall–Kier alpha value is -1.59. The van der Waals surface area contributed by atoms with Crippen LogP contribution in [0.3, 0.4) is 0 Å². The summed E-state index contributed by atoms with van der Waals surface area (Å²) in [6, 6.07) is 10.5. The fourth-order valence-corrected chi connectivity index (χ4v) is 3.90. The Morgan fingerprint density at radius 3 is 2.92 bits per heavy atom. The van der Waals surface area contributed by atoms with Crippen molar-refractivity contribution in [3.05, 3.63) is 69.1 Å². The molecule has 2 N–H and O–H groups in total. The summed E-state index contributed by atoms with van der Waals surface area (Å²) in [6.45, 7) is 1.83. The number of hydrogen-bond acceptors (Lipinski definition) is 2. The van der Waals surface area contributed by atoms with E-state index in [1.54, 1.807) is 12.1 Å². The average Bonchev–Trinajstić information content (AvgIpc) is 2.94. The molecule has 1 aliphatic heterocycles. The second-order valence-electron chi connectivity index (χ2n) is 6.42. The van der Waals surface area contributed by atoms with Crippen LogP contribution in [0.15, 0.2) is 36.4 Å². The molecule has 3 aromatic rings. The summed E-state index contributed by atoms with van der Waals surface area (Å²) in [5, 5.41) is 12.3. The number of β-amino-alcohol motifs (C(OH)–C–C–N with tert-alkyl or cyclic N) is 1. The molecular formula is C19H17Cl2FN2O. The smallest absolute Gasteiger partial charge is 0.147 e. The first-order chi connectivity index (χ1) is 12.0. The van der Waals surface area contributed by atoms with Crippen LogP contribution in [0.1, 0.15) is 22.9 Å². The van der Waals surface area contributed by atoms with E-state index in [0.29, 0.717) is 13.1 Å². The normalized spacial score (nSPS) is 16.2. The molecule has 1 aromatic heterocycles. The van der Waals surface area contributed by atoms with Crippen LogP contribution in [0, 0.1) is 5.82 Å². The van der Waals surface area contributed by atoms with E-state index in [2.05, 4.69) is 9.88 Å². The maximum Gasteiger partial charge on any atom is 0.147 e. The number of rotatable bonds is 3. The molecule has 3 nitrogen and oxygen atoms in total. The van der Waals surface area contributed by atoms with Gasteiger partial charge in [-0.2, -0.15) is 0 Å². The Morgan fingerprint density at radius 2 is 2.08 bits per heavy atom. The molecule has 0 saturated heterocycles. The Morgan fingerprint density at radius 1 is 1.24 bits per heavy atom. The molecule has 0 saturated carbocycles. The summed E-state index contributed by atoms with van der Waals surface area (Å²) in [7, 11) is 0. The van der Waals surface area contributed by atoms with Crippen molar-refractivity contribution in [3.8, 4) is 0 Å². The van der Waals surface area contributed by atoms with Gasteiger partial charge < -0.3 is 10.1 Å². The number of aromatic amines is 1. The van der Waals surface area contributed by atoms with E-state index in [1.165, 1.54) is 11.6 Å². The third kappa shape index (κ3) is 3.15.